The number of carbonyl (C=O) groups is 2. The molecular formula is C19H18N4O2. The van der Waals surface area contributed by atoms with Gasteiger partial charge >= 0.3 is 0 Å². The lowest BCUT2D eigenvalue weighted by Crippen LogP contribution is -2.15. The molecule has 0 aliphatic rings. The molecule has 0 atom stereocenters. The van der Waals surface area contributed by atoms with E-state index in [1.807, 2.05) is 25.1 Å². The van der Waals surface area contributed by atoms with Crippen molar-refractivity contribution in [3.63, 3.8) is 0 Å². The molecule has 0 fully saturated rings. The van der Waals surface area contributed by atoms with Crippen LogP contribution in [0.25, 0.3) is 0 Å². The summed E-state index contributed by atoms with van der Waals surface area (Å²) in [6.07, 6.45) is 1.30. The molecule has 0 saturated heterocycles. The van der Waals surface area contributed by atoms with E-state index in [9.17, 15) is 14.9 Å². The summed E-state index contributed by atoms with van der Waals surface area (Å²) in [6, 6.07) is 13.8. The Morgan fingerprint density at radius 3 is 2.64 bits per heavy atom. The highest BCUT2D eigenvalue weighted by molar-refractivity contribution is 6.07. The van der Waals surface area contributed by atoms with Crippen molar-refractivity contribution >= 4 is 28.8 Å². The molecule has 2 aromatic carbocycles. The highest BCUT2D eigenvalue weighted by atomic mass is 16.1. The second-order valence-electron chi connectivity index (χ2n) is 5.50. The SMILES string of the molecule is CC(=O)c1cccc(NC(=O)/C(C#N)=C\Nc2cc(C)ccc2N)c1. The van der Waals surface area contributed by atoms with E-state index < -0.39 is 5.91 Å². The van der Waals surface area contributed by atoms with E-state index in [-0.39, 0.29) is 11.4 Å². The number of anilines is 3. The van der Waals surface area contributed by atoms with E-state index in [1.165, 1.54) is 13.1 Å². The van der Waals surface area contributed by atoms with Crippen LogP contribution in [0.4, 0.5) is 17.1 Å². The van der Waals surface area contributed by atoms with Crippen LogP contribution < -0.4 is 16.4 Å². The Kier molecular flexibility index (Phi) is 5.54. The Hall–Kier alpha value is -3.59. The lowest BCUT2D eigenvalue weighted by molar-refractivity contribution is -0.112. The number of hydrogen-bond acceptors (Lipinski definition) is 5. The number of benzene rings is 2. The van der Waals surface area contributed by atoms with Crippen LogP contribution in [0.3, 0.4) is 0 Å². The highest BCUT2D eigenvalue weighted by Crippen LogP contribution is 2.20. The smallest absolute Gasteiger partial charge is 0.267 e. The molecule has 126 valence electrons. The predicted molar refractivity (Wildman–Crippen MR) is 98.0 cm³/mol. The number of amides is 1. The topological polar surface area (TPSA) is 108 Å². The molecule has 6 nitrogen and oxygen atoms in total. The molecule has 0 bridgehead atoms. The lowest BCUT2D eigenvalue weighted by atomic mass is 10.1. The molecule has 6 heteroatoms. The second kappa shape index (κ2) is 7.79. The van der Waals surface area contributed by atoms with E-state index in [4.69, 9.17) is 5.73 Å². The predicted octanol–water partition coefficient (Wildman–Crippen LogP) is 3.24. The number of hydrogen-bond donors (Lipinski definition) is 3. The van der Waals surface area contributed by atoms with Crippen molar-refractivity contribution in [3.05, 3.63) is 65.4 Å². The number of ketones is 1. The standard InChI is InChI=1S/C19H18N4O2/c1-12-6-7-17(21)18(8-12)22-11-15(10-20)19(25)23-16-5-3-4-14(9-16)13(2)24/h3-9,11,22H,21H2,1-2H3,(H,23,25)/b15-11-. The first-order valence-electron chi connectivity index (χ1n) is 7.56. The van der Waals surface area contributed by atoms with Gasteiger partial charge in [0, 0.05) is 17.5 Å². The first kappa shape index (κ1) is 17.8. The summed E-state index contributed by atoms with van der Waals surface area (Å²) in [4.78, 5) is 23.6. The maximum Gasteiger partial charge on any atom is 0.267 e. The maximum absolute atomic E-state index is 12.2. The van der Waals surface area contributed by atoms with E-state index in [0.29, 0.717) is 22.6 Å². The van der Waals surface area contributed by atoms with E-state index in [0.717, 1.165) is 5.56 Å². The maximum atomic E-state index is 12.2. The molecule has 0 spiro atoms. The molecule has 0 aliphatic heterocycles. The zero-order chi connectivity index (χ0) is 18.4. The van der Waals surface area contributed by atoms with Gasteiger partial charge in [0.25, 0.3) is 5.91 Å². The van der Waals surface area contributed by atoms with Gasteiger partial charge in [-0.05, 0) is 43.7 Å². The van der Waals surface area contributed by atoms with Gasteiger partial charge in [-0.15, -0.1) is 0 Å². The van der Waals surface area contributed by atoms with Gasteiger partial charge in [-0.2, -0.15) is 5.26 Å². The number of carbonyl (C=O) groups excluding carboxylic acids is 2. The van der Waals surface area contributed by atoms with Gasteiger partial charge in [0.2, 0.25) is 0 Å². The second-order valence-corrected chi connectivity index (χ2v) is 5.50. The molecule has 4 N–H and O–H groups in total. The van der Waals surface area contributed by atoms with Gasteiger partial charge in [0.1, 0.15) is 11.6 Å². The highest BCUT2D eigenvalue weighted by Gasteiger charge is 2.10. The molecule has 2 rings (SSSR count). The van der Waals surface area contributed by atoms with Crippen LogP contribution in [0.15, 0.2) is 54.2 Å². The van der Waals surface area contributed by atoms with Crippen molar-refractivity contribution in [3.8, 4) is 6.07 Å². The van der Waals surface area contributed by atoms with Crippen molar-refractivity contribution in [2.24, 2.45) is 0 Å². The summed E-state index contributed by atoms with van der Waals surface area (Å²) in [7, 11) is 0. The molecule has 0 heterocycles. The minimum absolute atomic E-state index is 0.108. The van der Waals surface area contributed by atoms with Crippen molar-refractivity contribution in [2.45, 2.75) is 13.8 Å². The first-order valence-corrected chi connectivity index (χ1v) is 7.56. The van der Waals surface area contributed by atoms with Gasteiger partial charge in [-0.25, -0.2) is 0 Å². The van der Waals surface area contributed by atoms with E-state index in [2.05, 4.69) is 10.6 Å². The zero-order valence-corrected chi connectivity index (χ0v) is 14.0. The third-order valence-electron chi connectivity index (χ3n) is 3.47. The summed E-state index contributed by atoms with van der Waals surface area (Å²) >= 11 is 0. The van der Waals surface area contributed by atoms with Gasteiger partial charge in [-0.3, -0.25) is 9.59 Å². The fraction of sp³-hybridized carbons (Fsp3) is 0.105. The van der Waals surface area contributed by atoms with E-state index in [1.54, 1.807) is 30.3 Å². The van der Waals surface area contributed by atoms with Crippen molar-refractivity contribution < 1.29 is 9.59 Å². The molecule has 0 saturated carbocycles. The quantitative estimate of drug-likeness (QED) is 0.337. The van der Waals surface area contributed by atoms with Crippen molar-refractivity contribution in [2.75, 3.05) is 16.4 Å². The number of rotatable bonds is 5. The number of aryl methyl sites for hydroxylation is 1. The molecule has 0 aliphatic carbocycles. The normalized spacial score (nSPS) is 10.7. The Balaban J connectivity index is 2.15. The lowest BCUT2D eigenvalue weighted by Gasteiger charge is -2.08. The Labute approximate surface area is 146 Å². The summed E-state index contributed by atoms with van der Waals surface area (Å²) < 4.78 is 0. The number of Topliss-reactive ketones (excluding diaryl/α,β-unsaturated/α-hetero) is 1. The van der Waals surface area contributed by atoms with Gasteiger partial charge in [-0.1, -0.05) is 18.2 Å². The average molecular weight is 334 g/mol. The van der Waals surface area contributed by atoms with Gasteiger partial charge in [0.05, 0.1) is 11.4 Å². The number of nitriles is 1. The first-order chi connectivity index (χ1) is 11.9. The van der Waals surface area contributed by atoms with Crippen LogP contribution in [0.1, 0.15) is 22.8 Å². The number of nitrogen functional groups attached to an aromatic ring is 1. The molecule has 0 unspecified atom stereocenters. The Morgan fingerprint density at radius 1 is 1.20 bits per heavy atom. The minimum Gasteiger partial charge on any atom is -0.397 e. The fourth-order valence-corrected chi connectivity index (χ4v) is 2.11. The van der Waals surface area contributed by atoms with Gasteiger partial charge < -0.3 is 16.4 Å². The van der Waals surface area contributed by atoms with Crippen molar-refractivity contribution in [1.82, 2.24) is 0 Å². The number of nitrogens with zero attached hydrogens (tertiary/aromatic N) is 1. The Bertz CT molecular complexity index is 895. The summed E-state index contributed by atoms with van der Waals surface area (Å²) in [5, 5.41) is 14.7. The van der Waals surface area contributed by atoms with Crippen LogP contribution in [0, 0.1) is 18.3 Å². The third kappa shape index (κ3) is 4.69. The van der Waals surface area contributed by atoms with E-state index >= 15 is 0 Å². The zero-order valence-electron chi connectivity index (χ0n) is 14.0. The minimum atomic E-state index is -0.582. The van der Waals surface area contributed by atoms with Crippen LogP contribution in [-0.2, 0) is 4.79 Å². The molecular weight excluding hydrogens is 316 g/mol. The molecule has 0 aromatic heterocycles. The third-order valence-corrected chi connectivity index (χ3v) is 3.47. The summed E-state index contributed by atoms with van der Waals surface area (Å²) in [6.45, 7) is 3.35. The van der Waals surface area contributed by atoms with Crippen LogP contribution in [-0.4, -0.2) is 11.7 Å². The van der Waals surface area contributed by atoms with Gasteiger partial charge in [0.15, 0.2) is 5.78 Å². The number of nitrogens with one attached hydrogen (secondary N) is 2. The average Bonchev–Trinajstić information content (AvgIpc) is 2.58. The Morgan fingerprint density at radius 2 is 1.96 bits per heavy atom. The monoisotopic (exact) mass is 334 g/mol. The van der Waals surface area contributed by atoms with Crippen LogP contribution in [0.5, 0.6) is 0 Å². The van der Waals surface area contributed by atoms with Crippen LogP contribution in [0.2, 0.25) is 0 Å². The summed E-state index contributed by atoms with van der Waals surface area (Å²) in [5.41, 5.74) is 8.77. The molecule has 25 heavy (non-hydrogen) atoms. The largest absolute Gasteiger partial charge is 0.397 e. The fourth-order valence-electron chi connectivity index (χ4n) is 2.11. The molecule has 2 aromatic rings. The number of nitrogens with two attached hydrogens (primary N) is 1. The van der Waals surface area contributed by atoms with Crippen LogP contribution >= 0.6 is 0 Å². The molecule has 1 amide bonds. The van der Waals surface area contributed by atoms with Crippen molar-refractivity contribution in [1.29, 1.82) is 5.26 Å². The summed E-state index contributed by atoms with van der Waals surface area (Å²) in [5.74, 6) is -0.689. The molecule has 0 radical (unpaired) electrons.